The maximum absolute atomic E-state index is 13.0. The molecule has 142 valence electrons. The first-order chi connectivity index (χ1) is 12.5. The molecule has 26 heavy (non-hydrogen) atoms. The fourth-order valence-corrected chi connectivity index (χ4v) is 5.33. The number of rotatable bonds is 5. The zero-order valence-electron chi connectivity index (χ0n) is 15.2. The highest BCUT2D eigenvalue weighted by molar-refractivity contribution is 7.89. The SMILES string of the molecule is Cn1cnc(S(=O)(=O)N2Cc3ccnn3[C@@H](CCN3CCCCC3)C2)c1. The summed E-state index contributed by atoms with van der Waals surface area (Å²) in [6, 6.07) is 1.97. The van der Waals surface area contributed by atoms with Crippen LogP contribution in [0.5, 0.6) is 0 Å². The predicted molar refractivity (Wildman–Crippen MR) is 97.0 cm³/mol. The van der Waals surface area contributed by atoms with Gasteiger partial charge in [-0.15, -0.1) is 0 Å². The predicted octanol–water partition coefficient (Wildman–Crippen LogP) is 1.24. The van der Waals surface area contributed by atoms with Crippen molar-refractivity contribution in [3.8, 4) is 0 Å². The molecule has 1 fully saturated rings. The van der Waals surface area contributed by atoms with E-state index in [4.69, 9.17) is 0 Å². The lowest BCUT2D eigenvalue weighted by Crippen LogP contribution is -2.42. The number of hydrogen-bond acceptors (Lipinski definition) is 5. The lowest BCUT2D eigenvalue weighted by Gasteiger charge is -2.34. The molecule has 0 unspecified atom stereocenters. The Morgan fingerprint density at radius 1 is 1.23 bits per heavy atom. The van der Waals surface area contributed by atoms with Gasteiger partial charge in [0.05, 0.1) is 24.6 Å². The third-order valence-corrected chi connectivity index (χ3v) is 7.06. The Morgan fingerprint density at radius 2 is 2.04 bits per heavy atom. The van der Waals surface area contributed by atoms with Crippen molar-refractivity contribution in [1.29, 1.82) is 0 Å². The lowest BCUT2D eigenvalue weighted by molar-refractivity contribution is 0.188. The molecule has 0 aliphatic carbocycles. The van der Waals surface area contributed by atoms with Gasteiger partial charge in [-0.25, -0.2) is 13.4 Å². The molecule has 0 spiro atoms. The Balaban J connectivity index is 1.52. The average Bonchev–Trinajstić information content (AvgIpc) is 3.29. The number of nitrogens with zero attached hydrogens (tertiary/aromatic N) is 6. The minimum absolute atomic E-state index is 0.0640. The van der Waals surface area contributed by atoms with Gasteiger partial charge in [-0.2, -0.15) is 9.40 Å². The molecule has 2 aliphatic heterocycles. The fraction of sp³-hybridized carbons (Fsp3) is 0.647. The first kappa shape index (κ1) is 17.7. The van der Waals surface area contributed by atoms with E-state index in [1.807, 2.05) is 10.7 Å². The summed E-state index contributed by atoms with van der Waals surface area (Å²) in [5.74, 6) is 0. The molecule has 4 rings (SSSR count). The van der Waals surface area contributed by atoms with E-state index in [9.17, 15) is 8.42 Å². The van der Waals surface area contributed by atoms with Crippen molar-refractivity contribution < 1.29 is 8.42 Å². The zero-order valence-corrected chi connectivity index (χ0v) is 16.0. The van der Waals surface area contributed by atoms with E-state index in [1.54, 1.807) is 28.3 Å². The highest BCUT2D eigenvalue weighted by Gasteiger charge is 2.35. The summed E-state index contributed by atoms with van der Waals surface area (Å²) in [6.07, 6.45) is 9.59. The molecule has 0 amide bonds. The van der Waals surface area contributed by atoms with Crippen molar-refractivity contribution in [1.82, 2.24) is 28.5 Å². The summed E-state index contributed by atoms with van der Waals surface area (Å²) in [6.45, 7) is 4.07. The summed E-state index contributed by atoms with van der Waals surface area (Å²) in [4.78, 5) is 6.54. The van der Waals surface area contributed by atoms with Crippen molar-refractivity contribution in [3.63, 3.8) is 0 Å². The molecular formula is C17H26N6O2S. The van der Waals surface area contributed by atoms with Crippen LogP contribution in [0.25, 0.3) is 0 Å². The molecule has 0 radical (unpaired) electrons. The van der Waals surface area contributed by atoms with Crippen LogP contribution in [0.3, 0.4) is 0 Å². The summed E-state index contributed by atoms with van der Waals surface area (Å²) >= 11 is 0. The van der Waals surface area contributed by atoms with E-state index in [1.165, 1.54) is 25.6 Å². The van der Waals surface area contributed by atoms with Gasteiger partial charge in [0.15, 0.2) is 5.03 Å². The molecule has 0 aromatic carbocycles. The molecule has 2 aromatic heterocycles. The minimum Gasteiger partial charge on any atom is -0.339 e. The Morgan fingerprint density at radius 3 is 2.77 bits per heavy atom. The second-order valence-electron chi connectivity index (χ2n) is 7.29. The van der Waals surface area contributed by atoms with Gasteiger partial charge in [-0.05, 0) is 38.4 Å². The zero-order chi connectivity index (χ0) is 18.1. The first-order valence-corrected chi connectivity index (χ1v) is 10.7. The number of imidazole rings is 1. The molecule has 0 saturated carbocycles. The highest BCUT2D eigenvalue weighted by Crippen LogP contribution is 2.28. The molecule has 0 N–H and O–H groups in total. The van der Waals surface area contributed by atoms with Crippen molar-refractivity contribution in [2.45, 2.75) is 43.3 Å². The normalized spacial score (nSPS) is 22.4. The van der Waals surface area contributed by atoms with Crippen LogP contribution in [0.1, 0.15) is 37.4 Å². The summed E-state index contributed by atoms with van der Waals surface area (Å²) in [5.41, 5.74) is 0.944. The molecule has 2 aliphatic rings. The maximum Gasteiger partial charge on any atom is 0.262 e. The molecule has 4 heterocycles. The van der Waals surface area contributed by atoms with E-state index in [-0.39, 0.29) is 11.1 Å². The molecule has 0 bridgehead atoms. The monoisotopic (exact) mass is 378 g/mol. The van der Waals surface area contributed by atoms with Crippen LogP contribution in [0, 0.1) is 0 Å². The van der Waals surface area contributed by atoms with Crippen LogP contribution in [0.4, 0.5) is 0 Å². The Hall–Kier alpha value is -1.71. The van der Waals surface area contributed by atoms with Gasteiger partial charge in [0, 0.05) is 32.5 Å². The second kappa shape index (κ2) is 7.13. The number of piperidine rings is 1. The van der Waals surface area contributed by atoms with Crippen molar-refractivity contribution >= 4 is 10.0 Å². The summed E-state index contributed by atoms with van der Waals surface area (Å²) in [7, 11) is -1.81. The highest BCUT2D eigenvalue weighted by atomic mass is 32.2. The number of aryl methyl sites for hydroxylation is 1. The lowest BCUT2D eigenvalue weighted by atomic mass is 10.1. The van der Waals surface area contributed by atoms with Crippen LogP contribution in [-0.4, -0.2) is 63.1 Å². The average molecular weight is 379 g/mol. The van der Waals surface area contributed by atoms with Gasteiger partial charge in [0.25, 0.3) is 10.0 Å². The van der Waals surface area contributed by atoms with Gasteiger partial charge in [0.2, 0.25) is 0 Å². The van der Waals surface area contributed by atoms with Crippen molar-refractivity contribution in [2.75, 3.05) is 26.2 Å². The molecular weight excluding hydrogens is 352 g/mol. The molecule has 1 atom stereocenters. The smallest absolute Gasteiger partial charge is 0.262 e. The van der Waals surface area contributed by atoms with E-state index >= 15 is 0 Å². The summed E-state index contributed by atoms with van der Waals surface area (Å²) < 4.78 is 31.2. The number of likely N-dealkylation sites (tertiary alicyclic amines) is 1. The number of sulfonamides is 1. The topological polar surface area (TPSA) is 76.3 Å². The van der Waals surface area contributed by atoms with E-state index in [0.717, 1.165) is 31.7 Å². The number of fused-ring (bicyclic) bond motifs is 1. The third-order valence-electron chi connectivity index (χ3n) is 5.36. The fourth-order valence-electron chi connectivity index (χ4n) is 3.92. The van der Waals surface area contributed by atoms with Crippen LogP contribution in [-0.2, 0) is 23.6 Å². The van der Waals surface area contributed by atoms with E-state index in [0.29, 0.717) is 13.1 Å². The van der Waals surface area contributed by atoms with Crippen molar-refractivity contribution in [2.24, 2.45) is 7.05 Å². The summed E-state index contributed by atoms with van der Waals surface area (Å²) in [5, 5.41) is 4.57. The standard InChI is InChI=1S/C17H26N6O2S/c1-20-13-17(18-14-20)26(24,25)22-11-15-5-7-19-23(15)16(12-22)6-10-21-8-3-2-4-9-21/h5,7,13-14,16H,2-4,6,8-12H2,1H3/t16-/m0/s1. The third kappa shape index (κ3) is 3.43. The van der Waals surface area contributed by atoms with E-state index in [2.05, 4.69) is 15.0 Å². The second-order valence-corrected chi connectivity index (χ2v) is 9.17. The quantitative estimate of drug-likeness (QED) is 0.782. The van der Waals surface area contributed by atoms with Crippen LogP contribution < -0.4 is 0 Å². The van der Waals surface area contributed by atoms with Crippen molar-refractivity contribution in [3.05, 3.63) is 30.5 Å². The van der Waals surface area contributed by atoms with Gasteiger partial charge in [0.1, 0.15) is 0 Å². The Bertz CT molecular complexity index is 852. The van der Waals surface area contributed by atoms with E-state index < -0.39 is 10.0 Å². The Kier molecular flexibility index (Phi) is 4.85. The number of aromatic nitrogens is 4. The molecule has 9 heteroatoms. The minimum atomic E-state index is -3.59. The van der Waals surface area contributed by atoms with Gasteiger partial charge >= 0.3 is 0 Å². The molecule has 8 nitrogen and oxygen atoms in total. The maximum atomic E-state index is 13.0. The van der Waals surface area contributed by atoms with Gasteiger partial charge < -0.3 is 9.47 Å². The Labute approximate surface area is 154 Å². The van der Waals surface area contributed by atoms with Crippen LogP contribution in [0.2, 0.25) is 0 Å². The molecule has 2 aromatic rings. The molecule has 1 saturated heterocycles. The van der Waals surface area contributed by atoms with Crippen LogP contribution >= 0.6 is 0 Å². The first-order valence-electron chi connectivity index (χ1n) is 9.27. The number of hydrogen-bond donors (Lipinski definition) is 0. The largest absolute Gasteiger partial charge is 0.339 e. The van der Waals surface area contributed by atoms with Gasteiger partial charge in [-0.1, -0.05) is 6.42 Å². The van der Waals surface area contributed by atoms with Crippen LogP contribution in [0.15, 0.2) is 29.8 Å². The van der Waals surface area contributed by atoms with Gasteiger partial charge in [-0.3, -0.25) is 4.68 Å².